The summed E-state index contributed by atoms with van der Waals surface area (Å²) in [5, 5.41) is 10.7. The van der Waals surface area contributed by atoms with Crippen molar-refractivity contribution in [2.45, 2.75) is 182 Å². The average Bonchev–Trinajstić information content (AvgIpc) is 0.905. The van der Waals surface area contributed by atoms with Gasteiger partial charge >= 0.3 is 12.1 Å². The Hall–Kier alpha value is -6.15. The average molecular weight is 1320 g/mol. The number of carboxylic acid groups (broad SMARTS) is 1. The summed E-state index contributed by atoms with van der Waals surface area (Å²) in [5.74, 6) is -5.15. The van der Waals surface area contributed by atoms with E-state index in [0.29, 0.717) is 95.2 Å². The molecule has 4 amide bonds. The normalized spacial score (nSPS) is 21.4. The molecule has 0 radical (unpaired) electrons. The summed E-state index contributed by atoms with van der Waals surface area (Å²) < 4.78 is 61.1. The van der Waals surface area contributed by atoms with E-state index in [0.717, 1.165) is 76.5 Å². The molecule has 0 bridgehead atoms. The molecule has 6 fully saturated rings. The highest BCUT2D eigenvalue weighted by Gasteiger charge is 2.46. The summed E-state index contributed by atoms with van der Waals surface area (Å²) in [6.07, 6.45) is 3.93. The molecule has 6 atom stereocenters. The third kappa shape index (κ3) is 17.2. The molecule has 21 heteroatoms. The van der Waals surface area contributed by atoms with Crippen molar-refractivity contribution in [2.24, 2.45) is 11.8 Å². The Morgan fingerprint density at radius 2 is 0.913 bits per heavy atom. The topological polar surface area (TPSA) is 141 Å². The Kier molecular flexibility index (Phi) is 22.5. The summed E-state index contributed by atoms with van der Waals surface area (Å²) in [6, 6.07) is 15.8. The third-order valence-corrected chi connectivity index (χ3v) is 19.9. The fourth-order valence-electron chi connectivity index (χ4n) is 13.6. The number of amides is 4. The van der Waals surface area contributed by atoms with Gasteiger partial charge in [-0.05, 0) is 173 Å². The zero-order valence-electron chi connectivity index (χ0n) is 56.4. The predicted octanol–water partition coefficient (Wildman–Crippen LogP) is 13.8. The van der Waals surface area contributed by atoms with Crippen LogP contribution in [0.15, 0.2) is 60.7 Å². The SMILES string of the molecule is CC(=O)N(C1CC1)C(C)c1cc(C)c(Cl)cc1N1CCN(C(=O)OC(C)(C)C)CC1.CC(=O)N(C1CC1)C(C)c1cc(C)c(Cl)cc1N1CCN(C(=O)[C@@H]2CN(C(C)(C)C)C[C@H]2c2ccc(F)cc2F)CC1.CC(C)(C)N1C[C@@H](C(=O)O)[C@H](c2ccc(F)cc2F)C1. The van der Waals surface area contributed by atoms with Crippen LogP contribution in [0.25, 0.3) is 0 Å². The molecule has 504 valence electrons. The Labute approximate surface area is 552 Å². The maximum Gasteiger partial charge on any atom is 0.410 e. The smallest absolute Gasteiger partial charge is 0.410 e. The first-order valence-electron chi connectivity index (χ1n) is 32.5. The lowest BCUT2D eigenvalue weighted by molar-refractivity contribution is -0.142. The summed E-state index contributed by atoms with van der Waals surface area (Å²) >= 11 is 13.1. The zero-order valence-corrected chi connectivity index (χ0v) is 58.0. The van der Waals surface area contributed by atoms with Crippen LogP contribution in [0.1, 0.15) is 173 Å². The van der Waals surface area contributed by atoms with Gasteiger partial charge in [-0.3, -0.25) is 29.0 Å². The number of aryl methyl sites for hydroxylation is 2. The molecule has 2 aliphatic carbocycles. The number of anilines is 2. The fourth-order valence-corrected chi connectivity index (χ4v) is 13.9. The van der Waals surface area contributed by atoms with Crippen molar-refractivity contribution in [3.8, 4) is 0 Å². The molecule has 4 heterocycles. The van der Waals surface area contributed by atoms with Gasteiger partial charge in [-0.25, -0.2) is 22.4 Å². The molecule has 4 aromatic rings. The molecule has 2 saturated carbocycles. The van der Waals surface area contributed by atoms with Crippen molar-refractivity contribution in [2.75, 3.05) is 88.3 Å². The molecular formula is C71H96Cl2F4N8O7. The second-order valence-electron chi connectivity index (χ2n) is 29.0. The van der Waals surface area contributed by atoms with Crippen LogP contribution < -0.4 is 9.80 Å². The molecule has 10 rings (SSSR count). The lowest BCUT2D eigenvalue weighted by Crippen LogP contribution is -2.51. The van der Waals surface area contributed by atoms with E-state index in [9.17, 15) is 46.6 Å². The number of piperazine rings is 2. The van der Waals surface area contributed by atoms with E-state index >= 15 is 0 Å². The van der Waals surface area contributed by atoms with Gasteiger partial charge in [0.05, 0.1) is 23.9 Å². The van der Waals surface area contributed by atoms with Crippen LogP contribution in [0, 0.1) is 49.0 Å². The van der Waals surface area contributed by atoms with Crippen LogP contribution in [0.5, 0.6) is 0 Å². The van der Waals surface area contributed by atoms with Crippen LogP contribution in [0.2, 0.25) is 10.0 Å². The Morgan fingerprint density at radius 3 is 1.25 bits per heavy atom. The van der Waals surface area contributed by atoms with E-state index in [2.05, 4.69) is 61.5 Å². The highest BCUT2D eigenvalue weighted by atomic mass is 35.5. The largest absolute Gasteiger partial charge is 0.481 e. The van der Waals surface area contributed by atoms with Gasteiger partial charge in [-0.2, -0.15) is 0 Å². The van der Waals surface area contributed by atoms with Crippen molar-refractivity contribution in [1.29, 1.82) is 0 Å². The van der Waals surface area contributed by atoms with E-state index in [1.54, 1.807) is 18.7 Å². The number of likely N-dealkylation sites (tertiary alicyclic amines) is 2. The van der Waals surface area contributed by atoms with E-state index < -0.39 is 52.6 Å². The monoisotopic (exact) mass is 1320 g/mol. The number of aliphatic carboxylic acids is 1. The van der Waals surface area contributed by atoms with Crippen molar-refractivity contribution in [1.82, 2.24) is 29.4 Å². The summed E-state index contributed by atoms with van der Waals surface area (Å²) in [7, 11) is 0. The summed E-state index contributed by atoms with van der Waals surface area (Å²) in [6.45, 7) is 36.1. The van der Waals surface area contributed by atoms with Gasteiger partial charge in [-0.1, -0.05) is 47.5 Å². The van der Waals surface area contributed by atoms with Crippen molar-refractivity contribution in [3.63, 3.8) is 0 Å². The van der Waals surface area contributed by atoms with Gasteiger partial charge in [0.2, 0.25) is 17.7 Å². The van der Waals surface area contributed by atoms with Gasteiger partial charge < -0.3 is 39.2 Å². The molecule has 1 N–H and O–H groups in total. The highest BCUT2D eigenvalue weighted by Crippen LogP contribution is 2.44. The Balaban J connectivity index is 0.000000190. The maximum absolute atomic E-state index is 14.9. The second kappa shape index (κ2) is 28.8. The van der Waals surface area contributed by atoms with E-state index in [4.69, 9.17) is 27.9 Å². The van der Waals surface area contributed by atoms with Crippen LogP contribution in [0.4, 0.5) is 33.7 Å². The molecule has 92 heavy (non-hydrogen) atoms. The number of hydrogen-bond donors (Lipinski definition) is 1. The van der Waals surface area contributed by atoms with Crippen molar-refractivity contribution < 1.29 is 51.4 Å². The van der Waals surface area contributed by atoms with Crippen molar-refractivity contribution in [3.05, 3.63) is 127 Å². The first-order chi connectivity index (χ1) is 42.9. The summed E-state index contributed by atoms with van der Waals surface area (Å²) in [5.41, 5.74) is 6.04. The quantitative estimate of drug-likeness (QED) is 0.136. The van der Waals surface area contributed by atoms with Crippen LogP contribution in [0.3, 0.4) is 0 Å². The minimum atomic E-state index is -0.939. The van der Waals surface area contributed by atoms with Gasteiger partial charge in [0.25, 0.3) is 0 Å². The number of halogens is 6. The molecular weight excluding hydrogens is 1220 g/mol. The van der Waals surface area contributed by atoms with E-state index in [1.807, 2.05) is 87.1 Å². The number of carbonyl (C=O) groups excluding carboxylic acids is 4. The molecule has 4 aliphatic heterocycles. The number of ether oxygens (including phenoxy) is 1. The highest BCUT2D eigenvalue weighted by molar-refractivity contribution is 6.32. The Bertz CT molecular complexity index is 3350. The number of nitrogens with zero attached hydrogens (tertiary/aromatic N) is 8. The number of carbonyl (C=O) groups is 5. The molecule has 2 unspecified atom stereocenters. The standard InChI is InChI=1S/C33H43ClF2N4O2.C23H34ClN3O3.C15H19F2NO2/c1-20-15-26(21(2)40(22(3)41)24-8-9-24)31(17-29(20)34)37-11-13-38(14-12-37)32(42)28-19-39(33(4,5)6)18-27(28)25-10-7-23(35)16-30(25)36;1-15-13-19(16(2)27(17(3)28)18-7-8-18)21(14-20(15)24)25-9-11-26(12-10-25)22(29)30-23(4,5)6;1-15(2,3)18-7-11(12(8-18)14(19)20)10-5-4-9(16)6-13(10)17/h7,10,15-17,21,24,27-28H,8-9,11-14,18-19H2,1-6H3;13-14,16,18H,7-12H2,1-6H3;4-6,11-12H,7-8H2,1-3H3,(H,19,20)/t21?,27-,28+;;11-,12+/m0.0/s1. The van der Waals surface area contributed by atoms with Crippen molar-refractivity contribution >= 4 is 64.4 Å². The zero-order chi connectivity index (χ0) is 67.8. The Morgan fingerprint density at radius 1 is 0.543 bits per heavy atom. The maximum atomic E-state index is 14.9. The predicted molar refractivity (Wildman–Crippen MR) is 355 cm³/mol. The third-order valence-electron chi connectivity index (χ3n) is 19.1. The minimum absolute atomic E-state index is 0.0159. The first kappa shape index (κ1) is 71.7. The molecule has 4 aromatic carbocycles. The van der Waals surface area contributed by atoms with Crippen LogP contribution in [-0.2, 0) is 23.9 Å². The number of carboxylic acids is 1. The number of rotatable bonds is 12. The van der Waals surface area contributed by atoms with Gasteiger partial charge in [0, 0.05) is 161 Å². The molecule has 15 nitrogen and oxygen atoms in total. The molecule has 6 aliphatic rings. The summed E-state index contributed by atoms with van der Waals surface area (Å²) in [4.78, 5) is 79.2. The molecule has 0 spiro atoms. The molecule has 0 aromatic heterocycles. The van der Waals surface area contributed by atoms with Gasteiger partial charge in [0.15, 0.2) is 0 Å². The van der Waals surface area contributed by atoms with Crippen LogP contribution in [-0.4, -0.2) is 172 Å². The minimum Gasteiger partial charge on any atom is -0.481 e. The van der Waals surface area contributed by atoms with Crippen LogP contribution >= 0.6 is 23.2 Å². The number of benzene rings is 4. The lowest BCUT2D eigenvalue weighted by Gasteiger charge is -2.40. The molecule has 4 saturated heterocycles. The fraction of sp³-hybridized carbons (Fsp3) is 0.592. The van der Waals surface area contributed by atoms with E-state index in [1.165, 1.54) is 24.3 Å². The van der Waals surface area contributed by atoms with Gasteiger partial charge in [0.1, 0.15) is 28.9 Å². The lowest BCUT2D eigenvalue weighted by atomic mass is 9.87. The van der Waals surface area contributed by atoms with Gasteiger partial charge in [-0.15, -0.1) is 0 Å². The number of hydrogen-bond acceptors (Lipinski definition) is 10. The first-order valence-corrected chi connectivity index (χ1v) is 33.3. The van der Waals surface area contributed by atoms with E-state index in [-0.39, 0.29) is 64.5 Å². The second-order valence-corrected chi connectivity index (χ2v) is 29.8.